The maximum Gasteiger partial charge on any atom is 1.00 e. The van der Waals surface area contributed by atoms with Crippen molar-refractivity contribution in [3.8, 4) is 0 Å². The Morgan fingerprint density at radius 1 is 1.50 bits per heavy atom. The van der Waals surface area contributed by atoms with E-state index in [1.54, 1.807) is 0 Å². The average Bonchev–Trinajstić information content (AvgIpc) is 1.30. The van der Waals surface area contributed by atoms with Crippen LogP contribution in [0.4, 0.5) is 0 Å². The first-order valence-electron chi connectivity index (χ1n) is 1.60. The largest absolute Gasteiger partial charge is 1.00 e. The second-order valence-electron chi connectivity index (χ2n) is 0.985. The first-order chi connectivity index (χ1) is 3.06. The van der Waals surface area contributed by atoms with E-state index in [0.717, 1.165) is 0 Å². The van der Waals surface area contributed by atoms with Gasteiger partial charge in [0.2, 0.25) is 0 Å². The van der Waals surface area contributed by atoms with Crippen LogP contribution >= 0.6 is 0 Å². The number of aliphatic hydroxyl groups excluding tert-OH is 1. The molecule has 0 bridgehead atoms. The molecule has 0 saturated carbocycles. The van der Waals surface area contributed by atoms with Crippen LogP contribution in [-0.2, 0) is 10.1 Å². The number of aliphatic hydroxyl groups is 1. The summed E-state index contributed by atoms with van der Waals surface area (Å²) >= 11 is 0. The summed E-state index contributed by atoms with van der Waals surface area (Å²) in [6, 6.07) is 0. The van der Waals surface area contributed by atoms with E-state index in [9.17, 15) is 13.0 Å². The van der Waals surface area contributed by atoms with Crippen molar-refractivity contribution in [3.63, 3.8) is 0 Å². The summed E-state index contributed by atoms with van der Waals surface area (Å²) in [5, 5.41) is 7.82. The molecule has 0 atom stereocenters. The normalized spacial score (nSPS) is 10.2. The average molecular weight is 164 g/mol. The summed E-state index contributed by atoms with van der Waals surface area (Å²) in [5.41, 5.74) is 0. The standard InChI is InChI=1S/C2H6O4S.K/c3-1-2-7(4,5)6;/h3H,1-2H2,(H,4,5,6);/q;+1/p-1. The van der Waals surface area contributed by atoms with Gasteiger partial charge in [0.05, 0.1) is 22.5 Å². The van der Waals surface area contributed by atoms with Crippen molar-refractivity contribution in [2.75, 3.05) is 12.4 Å². The third kappa shape index (κ3) is 10.5. The molecule has 6 heteroatoms. The van der Waals surface area contributed by atoms with Crippen LogP contribution in [0.1, 0.15) is 0 Å². The Kier molecular flexibility index (Phi) is 8.09. The molecule has 0 saturated heterocycles. The topological polar surface area (TPSA) is 77.4 Å². The smallest absolute Gasteiger partial charge is 0.748 e. The van der Waals surface area contributed by atoms with Crippen LogP contribution < -0.4 is 51.4 Å². The molecular formula is C2H5KO4S. The SMILES string of the molecule is O=S(=O)([O-])CCO.[K+]. The molecule has 44 valence electrons. The van der Waals surface area contributed by atoms with Gasteiger partial charge in [-0.3, -0.25) is 0 Å². The molecule has 0 radical (unpaired) electrons. The molecule has 0 fully saturated rings. The number of rotatable bonds is 2. The van der Waals surface area contributed by atoms with Crippen molar-refractivity contribution >= 4 is 10.1 Å². The Hall–Kier alpha value is 1.51. The Bertz CT molecular complexity index is 127. The number of hydrogen-bond acceptors (Lipinski definition) is 4. The second kappa shape index (κ2) is 5.30. The van der Waals surface area contributed by atoms with Crippen LogP contribution in [0.5, 0.6) is 0 Å². The number of hydrogen-bond donors (Lipinski definition) is 1. The van der Waals surface area contributed by atoms with Crippen LogP contribution in [0.2, 0.25) is 0 Å². The van der Waals surface area contributed by atoms with Crippen molar-refractivity contribution in [1.29, 1.82) is 0 Å². The van der Waals surface area contributed by atoms with Crippen LogP contribution in [-0.4, -0.2) is 30.4 Å². The Morgan fingerprint density at radius 2 is 1.88 bits per heavy atom. The molecule has 0 heterocycles. The van der Waals surface area contributed by atoms with Gasteiger partial charge in [-0.2, -0.15) is 0 Å². The predicted octanol–water partition coefficient (Wildman–Crippen LogP) is -4.47. The van der Waals surface area contributed by atoms with Crippen molar-refractivity contribution in [3.05, 3.63) is 0 Å². The zero-order valence-electron chi connectivity index (χ0n) is 4.49. The minimum absolute atomic E-state index is 0. The molecule has 0 rings (SSSR count). The van der Waals surface area contributed by atoms with Gasteiger partial charge in [-0.25, -0.2) is 8.42 Å². The van der Waals surface area contributed by atoms with E-state index in [4.69, 9.17) is 5.11 Å². The molecule has 4 nitrogen and oxygen atoms in total. The Labute approximate surface area is 90.4 Å². The van der Waals surface area contributed by atoms with Crippen molar-refractivity contribution < 1.29 is 69.5 Å². The van der Waals surface area contributed by atoms with Gasteiger partial charge in [0.15, 0.2) is 0 Å². The van der Waals surface area contributed by atoms with E-state index < -0.39 is 22.5 Å². The van der Waals surface area contributed by atoms with E-state index in [0.29, 0.717) is 0 Å². The van der Waals surface area contributed by atoms with E-state index in [1.807, 2.05) is 0 Å². The monoisotopic (exact) mass is 164 g/mol. The van der Waals surface area contributed by atoms with Gasteiger partial charge in [-0.15, -0.1) is 0 Å². The third-order valence-corrected chi connectivity index (χ3v) is 1.02. The summed E-state index contributed by atoms with van der Waals surface area (Å²) in [5.74, 6) is -0.688. The van der Waals surface area contributed by atoms with Gasteiger partial charge >= 0.3 is 51.4 Å². The fraction of sp³-hybridized carbons (Fsp3) is 1.00. The molecule has 0 spiro atoms. The zero-order valence-corrected chi connectivity index (χ0v) is 8.43. The molecule has 0 amide bonds. The molecule has 0 unspecified atom stereocenters. The van der Waals surface area contributed by atoms with Gasteiger partial charge in [-0.1, -0.05) is 0 Å². The van der Waals surface area contributed by atoms with Crippen LogP contribution in [0, 0.1) is 0 Å². The van der Waals surface area contributed by atoms with E-state index >= 15 is 0 Å². The summed E-state index contributed by atoms with van der Waals surface area (Å²) in [6.07, 6.45) is 0. The minimum atomic E-state index is -4.17. The fourth-order valence-electron chi connectivity index (χ4n) is 0.112. The fourth-order valence-corrected chi connectivity index (χ4v) is 0.335. The van der Waals surface area contributed by atoms with Crippen LogP contribution in [0.15, 0.2) is 0 Å². The van der Waals surface area contributed by atoms with Gasteiger partial charge < -0.3 is 9.66 Å². The summed E-state index contributed by atoms with van der Waals surface area (Å²) in [4.78, 5) is 0. The van der Waals surface area contributed by atoms with Crippen LogP contribution in [0.25, 0.3) is 0 Å². The molecule has 0 aromatic carbocycles. The van der Waals surface area contributed by atoms with Crippen molar-refractivity contribution in [1.82, 2.24) is 0 Å². The Balaban J connectivity index is 0. The molecule has 0 aliphatic carbocycles. The second-order valence-corrected chi connectivity index (χ2v) is 2.51. The molecule has 0 aliphatic rings. The minimum Gasteiger partial charge on any atom is -0.748 e. The molecular weight excluding hydrogens is 159 g/mol. The van der Waals surface area contributed by atoms with E-state index in [-0.39, 0.29) is 51.4 Å². The van der Waals surface area contributed by atoms with Gasteiger partial charge in [-0.05, 0) is 0 Å². The van der Waals surface area contributed by atoms with Gasteiger partial charge in [0, 0.05) is 0 Å². The molecule has 1 N–H and O–H groups in total. The maximum absolute atomic E-state index is 9.52. The summed E-state index contributed by atoms with van der Waals surface area (Å²) in [6.45, 7) is -0.591. The first kappa shape index (κ1) is 12.2. The van der Waals surface area contributed by atoms with Crippen LogP contribution in [0.3, 0.4) is 0 Å². The van der Waals surface area contributed by atoms with E-state index in [1.165, 1.54) is 0 Å². The molecule has 0 aromatic heterocycles. The van der Waals surface area contributed by atoms with Gasteiger partial charge in [0.25, 0.3) is 0 Å². The molecule has 8 heavy (non-hydrogen) atoms. The first-order valence-corrected chi connectivity index (χ1v) is 3.18. The molecule has 0 aromatic rings. The summed E-state index contributed by atoms with van der Waals surface area (Å²) in [7, 11) is -4.17. The third-order valence-electron chi connectivity index (χ3n) is 0.341. The van der Waals surface area contributed by atoms with Crippen molar-refractivity contribution in [2.45, 2.75) is 0 Å². The quantitative estimate of drug-likeness (QED) is 0.330. The Morgan fingerprint density at radius 3 is 1.88 bits per heavy atom. The zero-order chi connectivity index (χ0) is 5.91. The van der Waals surface area contributed by atoms with E-state index in [2.05, 4.69) is 0 Å². The summed E-state index contributed by atoms with van der Waals surface area (Å²) < 4.78 is 28.5. The maximum atomic E-state index is 9.52. The van der Waals surface area contributed by atoms with Gasteiger partial charge in [0.1, 0.15) is 0 Å². The van der Waals surface area contributed by atoms with Crippen molar-refractivity contribution in [2.24, 2.45) is 0 Å². The predicted molar refractivity (Wildman–Crippen MR) is 21.6 cm³/mol. The molecule has 0 aliphatic heterocycles.